The predicted molar refractivity (Wildman–Crippen MR) is 142 cm³/mol. The summed E-state index contributed by atoms with van der Waals surface area (Å²) in [6, 6.07) is 16.0. The SMILES string of the molecule is Cc1ccc(C(NC(=O)C2(c3cc(N4CCS(=O)(=O)CC4)ccc3C)CC2)c2ccc(C)o2)c(C)c1. The molecule has 1 saturated carbocycles. The van der Waals surface area contributed by atoms with E-state index in [4.69, 9.17) is 4.42 Å². The average molecular weight is 507 g/mol. The van der Waals surface area contributed by atoms with E-state index in [2.05, 4.69) is 54.4 Å². The van der Waals surface area contributed by atoms with Gasteiger partial charge in [0, 0.05) is 18.8 Å². The molecule has 7 heteroatoms. The molecule has 1 aliphatic heterocycles. The number of hydrogen-bond donors (Lipinski definition) is 1. The van der Waals surface area contributed by atoms with Crippen LogP contribution in [0.3, 0.4) is 0 Å². The van der Waals surface area contributed by atoms with E-state index >= 15 is 0 Å². The van der Waals surface area contributed by atoms with Crippen LogP contribution in [0.2, 0.25) is 0 Å². The number of amides is 1. The largest absolute Gasteiger partial charge is 0.464 e. The highest BCUT2D eigenvalue weighted by molar-refractivity contribution is 7.91. The maximum Gasteiger partial charge on any atom is 0.231 e. The van der Waals surface area contributed by atoms with E-state index in [-0.39, 0.29) is 23.5 Å². The van der Waals surface area contributed by atoms with Crippen LogP contribution in [-0.4, -0.2) is 38.9 Å². The van der Waals surface area contributed by atoms with Crippen LogP contribution in [0.5, 0.6) is 0 Å². The summed E-state index contributed by atoms with van der Waals surface area (Å²) in [6.07, 6.45) is 1.57. The molecule has 1 atom stereocenters. The van der Waals surface area contributed by atoms with Crippen molar-refractivity contribution in [3.05, 3.63) is 87.9 Å². The van der Waals surface area contributed by atoms with Crippen LogP contribution in [0.25, 0.3) is 0 Å². The first-order chi connectivity index (χ1) is 17.1. The maximum atomic E-state index is 13.9. The number of hydrogen-bond acceptors (Lipinski definition) is 5. The molecule has 1 saturated heterocycles. The Morgan fingerprint density at radius 3 is 2.28 bits per heavy atom. The van der Waals surface area contributed by atoms with Crippen molar-refractivity contribution in [2.75, 3.05) is 29.5 Å². The lowest BCUT2D eigenvalue weighted by molar-refractivity contribution is -0.124. The molecular weight excluding hydrogens is 472 g/mol. The lowest BCUT2D eigenvalue weighted by atomic mass is 9.89. The zero-order chi connectivity index (χ0) is 25.7. The molecule has 0 bridgehead atoms. The molecule has 5 rings (SSSR count). The van der Waals surface area contributed by atoms with Crippen LogP contribution in [0.1, 0.15) is 58.2 Å². The number of carbonyl (C=O) groups is 1. The van der Waals surface area contributed by atoms with Gasteiger partial charge >= 0.3 is 0 Å². The van der Waals surface area contributed by atoms with Gasteiger partial charge in [-0.1, -0.05) is 29.8 Å². The summed E-state index contributed by atoms with van der Waals surface area (Å²) in [4.78, 5) is 16.1. The van der Waals surface area contributed by atoms with Crippen molar-refractivity contribution in [2.45, 2.75) is 52.0 Å². The minimum absolute atomic E-state index is 0.00278. The fourth-order valence-corrected chi connectivity index (χ4v) is 6.57. The minimum Gasteiger partial charge on any atom is -0.464 e. The number of carbonyl (C=O) groups excluding carboxylic acids is 1. The van der Waals surface area contributed by atoms with Gasteiger partial charge in [-0.3, -0.25) is 4.79 Å². The topological polar surface area (TPSA) is 79.6 Å². The van der Waals surface area contributed by atoms with Crippen molar-refractivity contribution in [3.8, 4) is 0 Å². The third kappa shape index (κ3) is 4.69. The van der Waals surface area contributed by atoms with Gasteiger partial charge in [0.05, 0.1) is 16.9 Å². The van der Waals surface area contributed by atoms with Gasteiger partial charge in [-0.2, -0.15) is 0 Å². The van der Waals surface area contributed by atoms with E-state index in [1.54, 1.807) is 0 Å². The van der Waals surface area contributed by atoms with Crippen LogP contribution in [0.4, 0.5) is 5.69 Å². The lowest BCUT2D eigenvalue weighted by Gasteiger charge is -2.30. The quantitative estimate of drug-likeness (QED) is 0.525. The van der Waals surface area contributed by atoms with Gasteiger partial charge in [-0.05, 0) is 87.1 Å². The highest BCUT2D eigenvalue weighted by Crippen LogP contribution is 2.51. The molecule has 1 unspecified atom stereocenters. The molecule has 2 heterocycles. The molecule has 2 aromatic carbocycles. The summed E-state index contributed by atoms with van der Waals surface area (Å²) in [5, 5.41) is 3.34. The standard InChI is InChI=1S/C29H34N2O4S/c1-19-5-9-24(21(3)17-19)27(26-10-7-22(4)35-26)30-28(32)29(11-12-29)25-18-23(8-6-20(25)2)31-13-15-36(33,34)16-14-31/h5-10,17-18,27H,11-16H2,1-4H3,(H,30,32). The van der Waals surface area contributed by atoms with Gasteiger partial charge in [0.1, 0.15) is 17.6 Å². The number of nitrogens with one attached hydrogen (secondary N) is 1. The van der Waals surface area contributed by atoms with Crippen molar-refractivity contribution in [1.82, 2.24) is 5.32 Å². The lowest BCUT2D eigenvalue weighted by Crippen LogP contribution is -2.41. The first kappa shape index (κ1) is 24.6. The minimum atomic E-state index is -2.96. The molecule has 1 aromatic heterocycles. The number of rotatable bonds is 6. The predicted octanol–water partition coefficient (Wildman–Crippen LogP) is 4.69. The van der Waals surface area contributed by atoms with E-state index in [0.29, 0.717) is 13.1 Å². The number of furan rings is 1. The summed E-state index contributed by atoms with van der Waals surface area (Å²) in [7, 11) is -2.96. The monoisotopic (exact) mass is 506 g/mol. The van der Waals surface area contributed by atoms with Gasteiger partial charge in [0.2, 0.25) is 5.91 Å². The van der Waals surface area contributed by atoms with Gasteiger partial charge in [0.25, 0.3) is 0 Å². The summed E-state index contributed by atoms with van der Waals surface area (Å²) in [6.45, 7) is 9.05. The number of aryl methyl sites for hydroxylation is 4. The molecule has 36 heavy (non-hydrogen) atoms. The van der Waals surface area contributed by atoms with Crippen LogP contribution < -0.4 is 10.2 Å². The molecule has 1 amide bonds. The average Bonchev–Trinajstić information content (AvgIpc) is 3.52. The Kier molecular flexibility index (Phi) is 6.23. The molecule has 3 aromatic rings. The summed E-state index contributed by atoms with van der Waals surface area (Å²) in [5.74, 6) is 1.87. The van der Waals surface area contributed by atoms with Crippen molar-refractivity contribution in [2.24, 2.45) is 0 Å². The molecule has 0 radical (unpaired) electrons. The second-order valence-electron chi connectivity index (χ2n) is 10.4. The molecule has 2 aliphatic rings. The normalized spacial score (nSPS) is 19.1. The van der Waals surface area contributed by atoms with Gasteiger partial charge in [-0.25, -0.2) is 8.42 Å². The van der Waals surface area contributed by atoms with E-state index in [9.17, 15) is 13.2 Å². The van der Waals surface area contributed by atoms with E-state index in [1.807, 2.05) is 32.0 Å². The van der Waals surface area contributed by atoms with Gasteiger partial charge < -0.3 is 14.6 Å². The fourth-order valence-electron chi connectivity index (χ4n) is 5.37. The molecule has 6 nitrogen and oxygen atoms in total. The summed E-state index contributed by atoms with van der Waals surface area (Å²) in [5.41, 5.74) is 5.82. The van der Waals surface area contributed by atoms with Gasteiger partial charge in [-0.15, -0.1) is 0 Å². The Balaban J connectivity index is 1.45. The second-order valence-corrected chi connectivity index (χ2v) is 12.7. The Morgan fingerprint density at radius 1 is 0.944 bits per heavy atom. The van der Waals surface area contributed by atoms with Crippen molar-refractivity contribution in [1.29, 1.82) is 0 Å². The first-order valence-electron chi connectivity index (χ1n) is 12.6. The summed E-state index contributed by atoms with van der Waals surface area (Å²) < 4.78 is 29.8. The third-order valence-corrected chi connectivity index (χ3v) is 9.30. The Morgan fingerprint density at radius 2 is 1.67 bits per heavy atom. The number of nitrogens with zero attached hydrogens (tertiary/aromatic N) is 1. The first-order valence-corrected chi connectivity index (χ1v) is 14.4. The van der Waals surface area contributed by atoms with Crippen LogP contribution >= 0.6 is 0 Å². The third-order valence-electron chi connectivity index (χ3n) is 7.69. The molecular formula is C29H34N2O4S. The van der Waals surface area contributed by atoms with Crippen molar-refractivity contribution < 1.29 is 17.6 Å². The number of anilines is 1. The van der Waals surface area contributed by atoms with Crippen molar-refractivity contribution >= 4 is 21.4 Å². The van der Waals surface area contributed by atoms with E-state index < -0.39 is 15.3 Å². The van der Waals surface area contributed by atoms with Crippen LogP contribution in [-0.2, 0) is 20.0 Å². The highest BCUT2D eigenvalue weighted by atomic mass is 32.2. The maximum absolute atomic E-state index is 13.9. The van der Waals surface area contributed by atoms with Crippen LogP contribution in [0.15, 0.2) is 52.9 Å². The smallest absolute Gasteiger partial charge is 0.231 e. The van der Waals surface area contributed by atoms with E-state index in [1.165, 1.54) is 5.56 Å². The zero-order valence-corrected chi connectivity index (χ0v) is 22.2. The zero-order valence-electron chi connectivity index (χ0n) is 21.4. The Bertz CT molecular complexity index is 1400. The molecule has 190 valence electrons. The summed E-state index contributed by atoms with van der Waals surface area (Å²) >= 11 is 0. The Labute approximate surface area is 213 Å². The molecule has 0 spiro atoms. The van der Waals surface area contributed by atoms with Gasteiger partial charge in [0.15, 0.2) is 9.84 Å². The number of benzene rings is 2. The number of sulfone groups is 1. The Hall–Kier alpha value is -3.06. The molecule has 2 fully saturated rings. The van der Waals surface area contributed by atoms with E-state index in [0.717, 1.165) is 52.3 Å². The molecule has 1 aliphatic carbocycles. The second kappa shape index (κ2) is 9.11. The van der Waals surface area contributed by atoms with Crippen molar-refractivity contribution in [3.63, 3.8) is 0 Å². The van der Waals surface area contributed by atoms with Crippen LogP contribution in [0, 0.1) is 27.7 Å². The highest BCUT2D eigenvalue weighted by Gasteiger charge is 2.52. The molecule has 1 N–H and O–H groups in total. The fraction of sp³-hybridized carbons (Fsp3) is 0.414.